The van der Waals surface area contributed by atoms with Crippen molar-refractivity contribution in [2.45, 2.75) is 51.7 Å². The van der Waals surface area contributed by atoms with Gasteiger partial charge in [-0.3, -0.25) is 9.69 Å². The van der Waals surface area contributed by atoms with Gasteiger partial charge >= 0.3 is 0 Å². The summed E-state index contributed by atoms with van der Waals surface area (Å²) in [6.45, 7) is 5.98. The van der Waals surface area contributed by atoms with Crippen LogP contribution in [0.2, 0.25) is 5.02 Å². The highest BCUT2D eigenvalue weighted by molar-refractivity contribution is 6.30. The molecule has 1 amide bonds. The summed E-state index contributed by atoms with van der Waals surface area (Å²) in [6.07, 6.45) is 4.60. The fourth-order valence-electron chi connectivity index (χ4n) is 3.45. The first-order chi connectivity index (χ1) is 15.5. The van der Waals surface area contributed by atoms with Crippen LogP contribution in [0, 0.1) is 6.92 Å². The molecule has 0 saturated heterocycles. The third kappa shape index (κ3) is 5.38. The number of rotatable bonds is 7. The molecule has 0 bridgehead atoms. The van der Waals surface area contributed by atoms with E-state index >= 15 is 0 Å². The van der Waals surface area contributed by atoms with Crippen molar-refractivity contribution in [3.05, 3.63) is 70.5 Å². The minimum Gasteiger partial charge on any atom is -0.385 e. The summed E-state index contributed by atoms with van der Waals surface area (Å²) in [4.78, 5) is 25.4. The Labute approximate surface area is 192 Å². The second-order valence-electron chi connectivity index (χ2n) is 7.36. The van der Waals surface area contributed by atoms with Gasteiger partial charge in [-0.1, -0.05) is 48.8 Å². The molecule has 0 atom stereocenters. The second kappa shape index (κ2) is 10.5. The lowest BCUT2D eigenvalue weighted by atomic mass is 9.67. The Morgan fingerprint density at radius 2 is 2.09 bits per heavy atom. The Kier molecular flexibility index (Phi) is 7.71. The first kappa shape index (κ1) is 23.6. The van der Waals surface area contributed by atoms with Crippen molar-refractivity contribution in [2.75, 3.05) is 0 Å². The van der Waals surface area contributed by atoms with Crippen LogP contribution >= 0.6 is 11.6 Å². The summed E-state index contributed by atoms with van der Waals surface area (Å²) in [5.74, 6) is 1.31. The first-order valence-electron chi connectivity index (χ1n) is 10.4. The molecule has 1 saturated carbocycles. The highest BCUT2D eigenvalue weighted by atomic mass is 35.5. The van der Waals surface area contributed by atoms with Crippen molar-refractivity contribution < 1.29 is 14.4 Å². The molecule has 0 aliphatic heterocycles. The van der Waals surface area contributed by atoms with E-state index in [1.54, 1.807) is 18.3 Å². The van der Waals surface area contributed by atoms with Gasteiger partial charge in [0.1, 0.15) is 6.54 Å². The van der Waals surface area contributed by atoms with E-state index in [1.165, 1.54) is 11.2 Å². The van der Waals surface area contributed by atoms with Crippen molar-refractivity contribution in [3.8, 4) is 0 Å². The highest BCUT2D eigenvalue weighted by Crippen LogP contribution is 2.50. The van der Waals surface area contributed by atoms with Crippen molar-refractivity contribution in [1.82, 2.24) is 20.0 Å². The maximum Gasteiger partial charge on any atom is 0.246 e. The number of aliphatic imine (C=N–C) groups is 1. The number of carbonyl (C=O) groups is 1. The van der Waals surface area contributed by atoms with E-state index in [4.69, 9.17) is 16.1 Å². The minimum absolute atomic E-state index is 0.0269. The standard InChI is InChI=1S/C21H20ClN5O3.C2H6/c1-14-4-3-7-23-19(14)24-12-27(13-28)11-18-25-20(26-30-18)15-9-21(29,10-15)16-5-2-6-17(22)8-16;1-2/h2-8,12-13,15,29H,9-11H2,1H3;1-2H3/b24-12-;. The molecular weight excluding hydrogens is 430 g/mol. The van der Waals surface area contributed by atoms with E-state index < -0.39 is 5.60 Å². The van der Waals surface area contributed by atoms with Crippen LogP contribution in [0.5, 0.6) is 0 Å². The van der Waals surface area contributed by atoms with Crippen molar-refractivity contribution in [1.29, 1.82) is 0 Å². The zero-order valence-electron chi connectivity index (χ0n) is 18.3. The molecule has 8 nitrogen and oxygen atoms in total. The monoisotopic (exact) mass is 455 g/mol. The van der Waals surface area contributed by atoms with Gasteiger partial charge in [0.05, 0.1) is 11.9 Å². The van der Waals surface area contributed by atoms with Gasteiger partial charge in [-0.2, -0.15) is 4.98 Å². The fourth-order valence-corrected chi connectivity index (χ4v) is 3.64. The van der Waals surface area contributed by atoms with Crippen molar-refractivity contribution in [2.24, 2.45) is 4.99 Å². The average molecular weight is 456 g/mol. The number of nitrogens with zero attached hydrogens (tertiary/aromatic N) is 5. The molecule has 1 aliphatic carbocycles. The molecular formula is C23H26ClN5O3. The van der Waals surface area contributed by atoms with Crippen LogP contribution in [0.1, 0.15) is 55.4 Å². The van der Waals surface area contributed by atoms with Crippen LogP contribution in [-0.4, -0.2) is 37.9 Å². The van der Waals surface area contributed by atoms with Crippen LogP contribution in [0.4, 0.5) is 5.82 Å². The third-order valence-electron chi connectivity index (χ3n) is 5.14. The molecule has 2 aromatic heterocycles. The number of hydrogen-bond donors (Lipinski definition) is 1. The number of pyridine rings is 1. The third-order valence-corrected chi connectivity index (χ3v) is 5.38. The number of aromatic nitrogens is 3. The summed E-state index contributed by atoms with van der Waals surface area (Å²) in [6, 6.07) is 10.9. The Hall–Kier alpha value is -3.10. The molecule has 3 aromatic rings. The quantitative estimate of drug-likeness (QED) is 0.318. The zero-order valence-corrected chi connectivity index (χ0v) is 19.0. The average Bonchev–Trinajstić information content (AvgIpc) is 3.25. The van der Waals surface area contributed by atoms with Crippen LogP contribution in [0.3, 0.4) is 0 Å². The molecule has 168 valence electrons. The lowest BCUT2D eigenvalue weighted by molar-refractivity contribution is -0.115. The maximum absolute atomic E-state index is 11.4. The molecule has 1 aromatic carbocycles. The normalized spacial score (nSPS) is 19.7. The van der Waals surface area contributed by atoms with Crippen molar-refractivity contribution in [3.63, 3.8) is 0 Å². The molecule has 2 heterocycles. The molecule has 1 fully saturated rings. The number of carbonyl (C=O) groups excluding carboxylic acids is 1. The van der Waals surface area contributed by atoms with Gasteiger partial charge in [0.15, 0.2) is 11.6 Å². The van der Waals surface area contributed by atoms with Crippen LogP contribution in [0.15, 0.2) is 52.1 Å². The molecule has 1 aliphatic rings. The fraction of sp³-hybridized carbons (Fsp3) is 0.348. The number of hydrogen-bond acceptors (Lipinski definition) is 7. The van der Waals surface area contributed by atoms with Gasteiger partial charge in [-0.05, 0) is 49.1 Å². The van der Waals surface area contributed by atoms with E-state index in [0.717, 1.165) is 11.1 Å². The minimum atomic E-state index is -0.946. The lowest BCUT2D eigenvalue weighted by Gasteiger charge is -2.42. The molecule has 4 rings (SSSR count). The SMILES string of the molecule is CC.Cc1cccnc1/N=C\N(C=O)Cc1nc(C2CC(O)(c3cccc(Cl)c3)C2)no1. The molecule has 1 N–H and O–H groups in total. The molecule has 0 radical (unpaired) electrons. The summed E-state index contributed by atoms with van der Waals surface area (Å²) < 4.78 is 5.28. The van der Waals surface area contributed by atoms with Gasteiger partial charge in [0.25, 0.3) is 0 Å². The largest absolute Gasteiger partial charge is 0.385 e. The van der Waals surface area contributed by atoms with Crippen LogP contribution in [-0.2, 0) is 16.9 Å². The summed E-state index contributed by atoms with van der Waals surface area (Å²) in [5, 5.41) is 15.4. The Morgan fingerprint density at radius 1 is 1.31 bits per heavy atom. The maximum atomic E-state index is 11.4. The van der Waals surface area contributed by atoms with Gasteiger partial charge in [-0.25, -0.2) is 9.98 Å². The van der Waals surface area contributed by atoms with Gasteiger partial charge in [-0.15, -0.1) is 0 Å². The molecule has 0 spiro atoms. The molecule has 32 heavy (non-hydrogen) atoms. The Morgan fingerprint density at radius 3 is 2.78 bits per heavy atom. The number of halogens is 1. The molecule has 0 unspecified atom stereocenters. The van der Waals surface area contributed by atoms with E-state index in [9.17, 15) is 9.90 Å². The number of benzene rings is 1. The van der Waals surface area contributed by atoms with Crippen molar-refractivity contribution >= 4 is 30.2 Å². The summed E-state index contributed by atoms with van der Waals surface area (Å²) in [5.41, 5.74) is 0.734. The predicted octanol–water partition coefficient (Wildman–Crippen LogP) is 4.54. The summed E-state index contributed by atoms with van der Waals surface area (Å²) in [7, 11) is 0. The Balaban J connectivity index is 0.00000141. The smallest absolute Gasteiger partial charge is 0.246 e. The first-order valence-corrected chi connectivity index (χ1v) is 10.8. The zero-order chi connectivity index (χ0) is 23.1. The topological polar surface area (TPSA) is 105 Å². The predicted molar refractivity (Wildman–Crippen MR) is 122 cm³/mol. The lowest BCUT2D eigenvalue weighted by Crippen LogP contribution is -2.40. The van der Waals surface area contributed by atoms with E-state index in [0.29, 0.717) is 41.8 Å². The second-order valence-corrected chi connectivity index (χ2v) is 7.80. The van der Waals surface area contributed by atoms with E-state index in [2.05, 4.69) is 20.1 Å². The van der Waals surface area contributed by atoms with Crippen LogP contribution < -0.4 is 0 Å². The van der Waals surface area contributed by atoms with E-state index in [-0.39, 0.29) is 12.5 Å². The van der Waals surface area contributed by atoms with Gasteiger partial charge in [0, 0.05) is 17.1 Å². The van der Waals surface area contributed by atoms with Gasteiger partial charge < -0.3 is 9.63 Å². The number of aliphatic hydroxyl groups is 1. The number of aryl methyl sites for hydroxylation is 1. The Bertz CT molecular complexity index is 1080. The van der Waals surface area contributed by atoms with Gasteiger partial charge in [0.2, 0.25) is 12.3 Å². The molecule has 9 heteroatoms. The number of amides is 1. The van der Waals surface area contributed by atoms with E-state index in [1.807, 2.05) is 45.0 Å². The highest BCUT2D eigenvalue weighted by Gasteiger charge is 2.46. The summed E-state index contributed by atoms with van der Waals surface area (Å²) >= 11 is 6.03. The van der Waals surface area contributed by atoms with Crippen LogP contribution in [0.25, 0.3) is 0 Å².